The summed E-state index contributed by atoms with van der Waals surface area (Å²) in [7, 11) is 1.12. The standard InChI is InChI=1S/C35H25Cl2F7N4O6/c1-33-20(30(51)47(32(33)53)14-3-8-23(38)22(37)11-14)13-18-16(27(33)19-12-15(4-9-24(19)49)54-35(42,43)44)5-6-17-26(18)31(52)48(29(17)50)46(2)28-21(36)7-10-25(45-28)34(39,40)41/h3-5,7-12,17-18,20,26-27,49H,6,13H2,1-2H3. The van der Waals surface area contributed by atoms with Gasteiger partial charge in [-0.2, -0.15) is 18.2 Å². The van der Waals surface area contributed by atoms with Crippen LogP contribution in [0.3, 0.4) is 0 Å². The van der Waals surface area contributed by atoms with Crippen LogP contribution >= 0.6 is 23.2 Å². The van der Waals surface area contributed by atoms with E-state index in [1.165, 1.54) is 13.0 Å². The van der Waals surface area contributed by atoms with Gasteiger partial charge in [0.2, 0.25) is 11.8 Å². The molecule has 6 unspecified atom stereocenters. The Morgan fingerprint density at radius 3 is 2.28 bits per heavy atom. The Kier molecular flexibility index (Phi) is 8.72. The van der Waals surface area contributed by atoms with Crippen LogP contribution in [0.5, 0.6) is 11.5 Å². The van der Waals surface area contributed by atoms with Crippen LogP contribution in [0.15, 0.2) is 60.2 Å². The monoisotopic (exact) mass is 800 g/mol. The summed E-state index contributed by atoms with van der Waals surface area (Å²) >= 11 is 12.2. The van der Waals surface area contributed by atoms with Gasteiger partial charge in [-0.15, -0.1) is 13.2 Å². The van der Waals surface area contributed by atoms with Gasteiger partial charge < -0.3 is 9.84 Å². The SMILES string of the molecule is CN(c1nc(C(F)(F)F)ccc1Cl)N1C(=O)C2CC=C3C(CC4C(=O)N(c5ccc(F)c(Cl)c5)C(=O)C4(C)C3c3cc(OC(F)(F)F)ccc3O)C2C1=O. The molecule has 3 fully saturated rings. The summed E-state index contributed by atoms with van der Waals surface area (Å²) < 4.78 is 99.0. The summed E-state index contributed by atoms with van der Waals surface area (Å²) in [6, 6.07) is 7.24. The quantitative estimate of drug-likeness (QED) is 0.161. The van der Waals surface area contributed by atoms with Crippen LogP contribution in [0.25, 0.3) is 0 Å². The number of rotatable bonds is 5. The molecule has 2 saturated heterocycles. The summed E-state index contributed by atoms with van der Waals surface area (Å²) in [6.45, 7) is 1.39. The van der Waals surface area contributed by atoms with Gasteiger partial charge in [-0.05, 0) is 74.2 Å². The van der Waals surface area contributed by atoms with E-state index in [-0.39, 0.29) is 34.7 Å². The topological polar surface area (TPSA) is 120 Å². The molecule has 3 heterocycles. The van der Waals surface area contributed by atoms with E-state index in [0.29, 0.717) is 11.1 Å². The van der Waals surface area contributed by atoms with E-state index in [2.05, 4.69) is 9.72 Å². The third kappa shape index (κ3) is 5.74. The van der Waals surface area contributed by atoms with E-state index in [1.54, 1.807) is 0 Å². The van der Waals surface area contributed by atoms with Gasteiger partial charge >= 0.3 is 12.5 Å². The van der Waals surface area contributed by atoms with Crippen LogP contribution in [-0.2, 0) is 25.4 Å². The number of hydrogen-bond donors (Lipinski definition) is 1. The molecule has 19 heteroatoms. The number of aromatic hydroxyl groups is 1. The van der Waals surface area contributed by atoms with Crippen LogP contribution in [0.2, 0.25) is 10.0 Å². The fraction of sp³-hybridized carbons (Fsp3) is 0.343. The fourth-order valence-corrected chi connectivity index (χ4v) is 8.78. The first-order valence-corrected chi connectivity index (χ1v) is 16.9. The maximum absolute atomic E-state index is 14.5. The molecule has 2 aliphatic carbocycles. The Labute approximate surface area is 310 Å². The summed E-state index contributed by atoms with van der Waals surface area (Å²) in [4.78, 5) is 61.4. The molecule has 4 aliphatic rings. The van der Waals surface area contributed by atoms with Gasteiger partial charge in [0.1, 0.15) is 23.0 Å². The lowest BCUT2D eigenvalue weighted by Gasteiger charge is -2.49. The Bertz CT molecular complexity index is 2180. The van der Waals surface area contributed by atoms with Gasteiger partial charge in [-0.3, -0.25) is 24.2 Å². The van der Waals surface area contributed by atoms with Gasteiger partial charge in [-0.1, -0.05) is 34.9 Å². The number of imide groups is 2. The predicted molar refractivity (Wildman–Crippen MR) is 175 cm³/mol. The molecule has 1 aromatic heterocycles. The normalized spacial score (nSPS) is 26.8. The number of hydrazine groups is 1. The number of hydrogen-bond acceptors (Lipinski definition) is 8. The zero-order valence-electron chi connectivity index (χ0n) is 27.7. The average Bonchev–Trinajstić information content (AvgIpc) is 3.45. The molecule has 4 amide bonds. The number of pyridine rings is 1. The first kappa shape index (κ1) is 37.4. The molecule has 7 rings (SSSR count). The zero-order valence-corrected chi connectivity index (χ0v) is 29.2. The predicted octanol–water partition coefficient (Wildman–Crippen LogP) is 7.43. The van der Waals surface area contributed by atoms with Gasteiger partial charge in [0.15, 0.2) is 5.82 Å². The molecule has 1 saturated carbocycles. The molecule has 0 bridgehead atoms. The summed E-state index contributed by atoms with van der Waals surface area (Å²) in [5.41, 5.74) is -3.33. The van der Waals surface area contributed by atoms with Crippen LogP contribution < -0.4 is 14.6 Å². The number of phenols is 1. The molecule has 284 valence electrons. The highest BCUT2D eigenvalue weighted by atomic mass is 35.5. The van der Waals surface area contributed by atoms with Crippen molar-refractivity contribution in [1.29, 1.82) is 0 Å². The van der Waals surface area contributed by atoms with Gasteiger partial charge in [0.25, 0.3) is 11.8 Å². The number of nitrogens with zero attached hydrogens (tertiary/aromatic N) is 4. The first-order chi connectivity index (χ1) is 25.1. The molecule has 0 spiro atoms. The Hall–Kier alpha value is -4.90. The highest BCUT2D eigenvalue weighted by Gasteiger charge is 2.68. The van der Waals surface area contributed by atoms with Crippen molar-refractivity contribution in [3.05, 3.63) is 87.3 Å². The highest BCUT2D eigenvalue weighted by Crippen LogP contribution is 2.64. The number of phenolic OH excluding ortho intramolecular Hbond substituents is 1. The summed E-state index contributed by atoms with van der Waals surface area (Å²) in [5, 5.41) is 11.8. The minimum Gasteiger partial charge on any atom is -0.508 e. The van der Waals surface area contributed by atoms with Crippen LogP contribution in [0, 0.1) is 34.9 Å². The smallest absolute Gasteiger partial charge is 0.508 e. The molecule has 10 nitrogen and oxygen atoms in total. The maximum Gasteiger partial charge on any atom is 0.573 e. The van der Waals surface area contributed by atoms with Crippen LogP contribution in [0.4, 0.5) is 42.2 Å². The lowest BCUT2D eigenvalue weighted by molar-refractivity contribution is -0.274. The third-order valence-electron chi connectivity index (χ3n) is 10.7. The largest absolute Gasteiger partial charge is 0.573 e. The van der Waals surface area contributed by atoms with Crippen molar-refractivity contribution in [2.45, 2.75) is 38.2 Å². The number of fused-ring (bicyclic) bond motifs is 4. The van der Waals surface area contributed by atoms with E-state index in [4.69, 9.17) is 23.2 Å². The lowest BCUT2D eigenvalue weighted by atomic mass is 9.51. The van der Waals surface area contributed by atoms with Crippen molar-refractivity contribution >= 4 is 58.3 Å². The number of ether oxygens (including phenoxy) is 1. The lowest BCUT2D eigenvalue weighted by Crippen LogP contribution is -2.49. The molecule has 54 heavy (non-hydrogen) atoms. The summed E-state index contributed by atoms with van der Waals surface area (Å²) in [6.07, 6.45) is -8.97. The maximum atomic E-state index is 14.5. The molecule has 2 aromatic carbocycles. The fourth-order valence-electron chi connectivity index (χ4n) is 8.38. The number of anilines is 2. The van der Waals surface area contributed by atoms with Crippen molar-refractivity contribution in [2.75, 3.05) is 17.0 Å². The molecular weight excluding hydrogens is 776 g/mol. The number of aromatic nitrogens is 1. The van der Waals surface area contributed by atoms with Gasteiger partial charge in [0.05, 0.1) is 38.9 Å². The van der Waals surface area contributed by atoms with E-state index < -0.39 is 105 Å². The van der Waals surface area contributed by atoms with Gasteiger partial charge in [-0.25, -0.2) is 14.3 Å². The van der Waals surface area contributed by atoms with Crippen molar-refractivity contribution < 1.29 is 59.8 Å². The minimum atomic E-state index is -5.16. The van der Waals surface area contributed by atoms with Gasteiger partial charge in [0, 0.05) is 18.5 Å². The first-order valence-electron chi connectivity index (χ1n) is 16.1. The second kappa shape index (κ2) is 12.6. The van der Waals surface area contributed by atoms with Crippen molar-refractivity contribution in [3.8, 4) is 11.5 Å². The Balaban J connectivity index is 1.35. The van der Waals surface area contributed by atoms with E-state index >= 15 is 0 Å². The molecule has 0 radical (unpaired) electrons. The van der Waals surface area contributed by atoms with Crippen molar-refractivity contribution in [1.82, 2.24) is 9.99 Å². The molecular formula is C35H25Cl2F7N4O6. The number of amides is 4. The molecule has 3 aromatic rings. The second-order valence-corrected chi connectivity index (χ2v) is 14.4. The average molecular weight is 801 g/mol. The number of carbonyl (C=O) groups excluding carboxylic acids is 4. The van der Waals surface area contributed by atoms with Crippen LogP contribution in [0.1, 0.15) is 36.9 Å². The van der Waals surface area contributed by atoms with Crippen LogP contribution in [-0.4, -0.2) is 52.1 Å². The molecule has 2 aliphatic heterocycles. The number of carbonyl (C=O) groups is 4. The second-order valence-electron chi connectivity index (χ2n) is 13.5. The number of halogens is 9. The highest BCUT2D eigenvalue weighted by molar-refractivity contribution is 6.33. The summed E-state index contributed by atoms with van der Waals surface area (Å²) in [5.74, 6) is -12.4. The number of benzene rings is 2. The number of allylic oxidation sites excluding steroid dienone is 2. The van der Waals surface area contributed by atoms with E-state index in [9.17, 15) is 55.0 Å². The van der Waals surface area contributed by atoms with E-state index in [1.807, 2.05) is 0 Å². The Morgan fingerprint density at radius 1 is 0.926 bits per heavy atom. The van der Waals surface area contributed by atoms with Crippen molar-refractivity contribution in [3.63, 3.8) is 0 Å². The minimum absolute atomic E-state index is 0.121. The van der Waals surface area contributed by atoms with Crippen molar-refractivity contribution in [2.24, 2.45) is 29.1 Å². The van der Waals surface area contributed by atoms with E-state index in [0.717, 1.165) is 59.4 Å². The zero-order chi connectivity index (χ0) is 39.4. The molecule has 6 atom stereocenters. The molecule has 1 N–H and O–H groups in total. The number of alkyl halides is 6. The third-order valence-corrected chi connectivity index (χ3v) is 11.3. The Morgan fingerprint density at radius 2 is 1.63 bits per heavy atom.